The summed E-state index contributed by atoms with van der Waals surface area (Å²) in [7, 11) is 0. The Kier molecular flexibility index (Phi) is 5.67. The zero-order chi connectivity index (χ0) is 15.2. The summed E-state index contributed by atoms with van der Waals surface area (Å²) < 4.78 is 0. The lowest BCUT2D eigenvalue weighted by molar-refractivity contribution is -0.119. The quantitative estimate of drug-likeness (QED) is 0.907. The molecule has 0 radical (unpaired) electrons. The molecule has 1 aromatic carbocycles. The topological polar surface area (TPSA) is 63.4 Å². The minimum absolute atomic E-state index is 0.0863. The van der Waals surface area contributed by atoms with Gasteiger partial charge in [-0.1, -0.05) is 12.1 Å². The Balaban J connectivity index is 1.90. The van der Waals surface area contributed by atoms with Gasteiger partial charge in [-0.3, -0.25) is 9.59 Å². The molecule has 2 N–H and O–H groups in total. The standard InChI is InChI=1S/C16H22N2O2S/c1-21-11-13-2-4-14(5-3-13)16(20)18-8-6-12(7-9-18)10-15(17)19/h2-5,12H,6-11H2,1H3,(H2,17,19). The number of primary amides is 1. The van der Waals surface area contributed by atoms with Crippen LogP contribution in [0, 0.1) is 5.92 Å². The van der Waals surface area contributed by atoms with E-state index in [0.29, 0.717) is 25.4 Å². The third-order valence-corrected chi connectivity index (χ3v) is 4.53. The van der Waals surface area contributed by atoms with E-state index in [9.17, 15) is 9.59 Å². The van der Waals surface area contributed by atoms with Crippen LogP contribution in [0.4, 0.5) is 0 Å². The van der Waals surface area contributed by atoms with Crippen molar-refractivity contribution in [3.8, 4) is 0 Å². The van der Waals surface area contributed by atoms with Gasteiger partial charge >= 0.3 is 0 Å². The van der Waals surface area contributed by atoms with Crippen molar-refractivity contribution in [1.29, 1.82) is 0 Å². The van der Waals surface area contributed by atoms with Crippen LogP contribution < -0.4 is 5.73 Å². The molecule has 1 saturated heterocycles. The Hall–Kier alpha value is -1.49. The Labute approximate surface area is 130 Å². The molecule has 114 valence electrons. The molecule has 1 aromatic rings. The summed E-state index contributed by atoms with van der Waals surface area (Å²) in [5.74, 6) is 1.13. The van der Waals surface area contributed by atoms with E-state index >= 15 is 0 Å². The molecule has 2 amide bonds. The van der Waals surface area contributed by atoms with Crippen LogP contribution in [0.15, 0.2) is 24.3 Å². The number of nitrogens with two attached hydrogens (primary N) is 1. The van der Waals surface area contributed by atoms with Gasteiger partial charge in [0.1, 0.15) is 0 Å². The molecule has 1 aliphatic heterocycles. The summed E-state index contributed by atoms with van der Waals surface area (Å²) in [6, 6.07) is 7.85. The van der Waals surface area contributed by atoms with Gasteiger partial charge in [-0.15, -0.1) is 0 Å². The second-order valence-electron chi connectivity index (χ2n) is 5.54. The Morgan fingerprint density at radius 1 is 1.24 bits per heavy atom. The lowest BCUT2D eigenvalue weighted by Crippen LogP contribution is -2.39. The molecule has 0 aromatic heterocycles. The molecule has 21 heavy (non-hydrogen) atoms. The fourth-order valence-electron chi connectivity index (χ4n) is 2.72. The van der Waals surface area contributed by atoms with Gasteiger partial charge in [0.15, 0.2) is 0 Å². The van der Waals surface area contributed by atoms with Crippen molar-refractivity contribution in [3.05, 3.63) is 35.4 Å². The van der Waals surface area contributed by atoms with Crippen LogP contribution in [0.1, 0.15) is 35.2 Å². The summed E-state index contributed by atoms with van der Waals surface area (Å²) in [6.07, 6.45) is 4.22. The number of benzene rings is 1. The molecule has 0 bridgehead atoms. The van der Waals surface area contributed by atoms with Crippen LogP contribution in [0.25, 0.3) is 0 Å². The van der Waals surface area contributed by atoms with Crippen molar-refractivity contribution in [3.63, 3.8) is 0 Å². The van der Waals surface area contributed by atoms with Crippen molar-refractivity contribution in [2.45, 2.75) is 25.0 Å². The Morgan fingerprint density at radius 3 is 2.38 bits per heavy atom. The molecule has 0 spiro atoms. The molecule has 1 fully saturated rings. The third-order valence-electron chi connectivity index (χ3n) is 3.90. The Morgan fingerprint density at radius 2 is 1.86 bits per heavy atom. The minimum atomic E-state index is -0.246. The lowest BCUT2D eigenvalue weighted by atomic mass is 9.93. The van der Waals surface area contributed by atoms with Gasteiger partial charge in [-0.25, -0.2) is 0 Å². The second kappa shape index (κ2) is 7.50. The number of likely N-dealkylation sites (tertiary alicyclic amines) is 1. The zero-order valence-corrected chi connectivity index (χ0v) is 13.2. The predicted octanol–water partition coefficient (Wildman–Crippen LogP) is 2.28. The molecule has 1 heterocycles. The van der Waals surface area contributed by atoms with Gasteiger partial charge in [-0.05, 0) is 42.7 Å². The lowest BCUT2D eigenvalue weighted by Gasteiger charge is -2.31. The molecule has 5 heteroatoms. The van der Waals surface area contributed by atoms with Gasteiger partial charge in [0.2, 0.25) is 5.91 Å². The van der Waals surface area contributed by atoms with E-state index in [2.05, 4.69) is 6.26 Å². The molecule has 0 unspecified atom stereocenters. The highest BCUT2D eigenvalue weighted by molar-refractivity contribution is 7.97. The normalized spacial score (nSPS) is 16.0. The van der Waals surface area contributed by atoms with Gasteiger partial charge < -0.3 is 10.6 Å². The summed E-state index contributed by atoms with van der Waals surface area (Å²) in [5, 5.41) is 0. The molecule has 0 saturated carbocycles. The van der Waals surface area contributed by atoms with Crippen LogP contribution in [-0.4, -0.2) is 36.1 Å². The maximum absolute atomic E-state index is 12.4. The average molecular weight is 306 g/mol. The number of carbonyl (C=O) groups excluding carboxylic acids is 2. The van der Waals surface area contributed by atoms with Crippen molar-refractivity contribution in [1.82, 2.24) is 4.90 Å². The van der Waals surface area contributed by atoms with Gasteiger partial charge in [0, 0.05) is 30.8 Å². The van der Waals surface area contributed by atoms with Crippen LogP contribution in [0.3, 0.4) is 0 Å². The van der Waals surface area contributed by atoms with E-state index in [1.54, 1.807) is 11.8 Å². The first-order valence-electron chi connectivity index (χ1n) is 7.25. The first-order chi connectivity index (χ1) is 10.1. The first-order valence-corrected chi connectivity index (χ1v) is 8.65. The van der Waals surface area contributed by atoms with Crippen LogP contribution in [0.2, 0.25) is 0 Å². The summed E-state index contributed by atoms with van der Waals surface area (Å²) >= 11 is 1.77. The van der Waals surface area contributed by atoms with E-state index in [-0.39, 0.29) is 11.8 Å². The number of piperidine rings is 1. The molecular weight excluding hydrogens is 284 g/mol. The number of hydrogen-bond acceptors (Lipinski definition) is 3. The van der Waals surface area contributed by atoms with E-state index < -0.39 is 0 Å². The molecule has 4 nitrogen and oxygen atoms in total. The highest BCUT2D eigenvalue weighted by atomic mass is 32.2. The highest BCUT2D eigenvalue weighted by Crippen LogP contribution is 2.22. The largest absolute Gasteiger partial charge is 0.370 e. The number of rotatable bonds is 5. The van der Waals surface area contributed by atoms with Gasteiger partial charge in [-0.2, -0.15) is 11.8 Å². The van der Waals surface area contributed by atoms with Gasteiger partial charge in [0.25, 0.3) is 5.91 Å². The van der Waals surface area contributed by atoms with E-state index in [1.165, 1.54) is 5.56 Å². The van der Waals surface area contributed by atoms with Gasteiger partial charge in [0.05, 0.1) is 0 Å². The maximum Gasteiger partial charge on any atom is 0.253 e. The molecule has 2 rings (SSSR count). The van der Waals surface area contributed by atoms with E-state index in [0.717, 1.165) is 24.2 Å². The zero-order valence-electron chi connectivity index (χ0n) is 12.4. The van der Waals surface area contributed by atoms with Crippen LogP contribution in [0.5, 0.6) is 0 Å². The van der Waals surface area contributed by atoms with Crippen molar-refractivity contribution in [2.75, 3.05) is 19.3 Å². The summed E-state index contributed by atoms with van der Waals surface area (Å²) in [6.45, 7) is 1.42. The minimum Gasteiger partial charge on any atom is -0.370 e. The fourth-order valence-corrected chi connectivity index (χ4v) is 3.24. The maximum atomic E-state index is 12.4. The summed E-state index contributed by atoms with van der Waals surface area (Å²) in [5.41, 5.74) is 7.21. The fraction of sp³-hybridized carbons (Fsp3) is 0.500. The van der Waals surface area contributed by atoms with E-state index in [4.69, 9.17) is 5.73 Å². The monoisotopic (exact) mass is 306 g/mol. The number of carbonyl (C=O) groups is 2. The average Bonchev–Trinajstić information content (AvgIpc) is 2.48. The molecular formula is C16H22N2O2S. The number of thioether (sulfide) groups is 1. The van der Waals surface area contributed by atoms with Crippen LogP contribution in [-0.2, 0) is 10.5 Å². The highest BCUT2D eigenvalue weighted by Gasteiger charge is 2.24. The number of hydrogen-bond donors (Lipinski definition) is 1. The number of amides is 2. The Bertz CT molecular complexity index is 494. The van der Waals surface area contributed by atoms with E-state index in [1.807, 2.05) is 29.2 Å². The smallest absolute Gasteiger partial charge is 0.253 e. The third kappa shape index (κ3) is 4.49. The van der Waals surface area contributed by atoms with Crippen molar-refractivity contribution < 1.29 is 9.59 Å². The predicted molar refractivity (Wildman–Crippen MR) is 86.1 cm³/mol. The van der Waals surface area contributed by atoms with Crippen LogP contribution >= 0.6 is 11.8 Å². The molecule has 0 aliphatic carbocycles. The first kappa shape index (κ1) is 15.9. The number of nitrogens with zero attached hydrogens (tertiary/aromatic N) is 1. The SMILES string of the molecule is CSCc1ccc(C(=O)N2CCC(CC(N)=O)CC2)cc1. The molecule has 1 aliphatic rings. The second-order valence-corrected chi connectivity index (χ2v) is 6.40. The summed E-state index contributed by atoms with van der Waals surface area (Å²) in [4.78, 5) is 25.2. The molecule has 0 atom stereocenters. The van der Waals surface area contributed by atoms with Crippen molar-refractivity contribution in [2.24, 2.45) is 11.7 Å². The van der Waals surface area contributed by atoms with Crippen molar-refractivity contribution >= 4 is 23.6 Å².